The van der Waals surface area contributed by atoms with Gasteiger partial charge in [-0.2, -0.15) is 0 Å². The fourth-order valence-corrected chi connectivity index (χ4v) is 4.11. The van der Waals surface area contributed by atoms with E-state index in [1.165, 1.54) is 28.8 Å². The third kappa shape index (κ3) is 6.94. The summed E-state index contributed by atoms with van der Waals surface area (Å²) in [4.78, 5) is 30.1. The Hall–Kier alpha value is -4.61. The summed E-state index contributed by atoms with van der Waals surface area (Å²) in [7, 11) is 0. The van der Waals surface area contributed by atoms with Crippen molar-refractivity contribution in [2.75, 3.05) is 6.54 Å². The normalized spacial score (nSPS) is 12.2. The molecule has 2 N–H and O–H groups in total. The number of halogens is 4. The van der Waals surface area contributed by atoms with Crippen LogP contribution in [0.1, 0.15) is 54.1 Å². The maximum atomic E-state index is 14.7. The summed E-state index contributed by atoms with van der Waals surface area (Å²) in [5, 5.41) is 5.16. The molecule has 0 saturated carbocycles. The summed E-state index contributed by atoms with van der Waals surface area (Å²) < 4.78 is 68.8. The van der Waals surface area contributed by atoms with E-state index < -0.39 is 53.5 Å². The van der Waals surface area contributed by atoms with Gasteiger partial charge in [0.05, 0.1) is 17.3 Å². The number of hydrogen-bond donors (Lipinski definition) is 2. The molecule has 0 spiro atoms. The number of nitrogens with one attached hydrogen (secondary N) is 2. The molecule has 4 aromatic rings. The number of imidazole rings is 1. The predicted molar refractivity (Wildman–Crippen MR) is 141 cm³/mol. The van der Waals surface area contributed by atoms with Gasteiger partial charge in [-0.3, -0.25) is 9.20 Å². The molecule has 2 aromatic carbocycles. The van der Waals surface area contributed by atoms with Crippen LogP contribution in [0.2, 0.25) is 0 Å². The van der Waals surface area contributed by atoms with Gasteiger partial charge in [-0.1, -0.05) is 12.1 Å². The van der Waals surface area contributed by atoms with Crippen molar-refractivity contribution in [2.45, 2.75) is 45.9 Å². The van der Waals surface area contributed by atoms with Gasteiger partial charge in [-0.05, 0) is 58.0 Å². The Morgan fingerprint density at radius 1 is 1.00 bits per heavy atom. The number of fused-ring (bicyclic) bond motifs is 1. The molecule has 12 heteroatoms. The number of ether oxygens (including phenoxy) is 2. The average Bonchev–Trinajstić information content (AvgIpc) is 3.22. The average molecular weight is 573 g/mol. The van der Waals surface area contributed by atoms with Crippen LogP contribution >= 0.6 is 0 Å². The van der Waals surface area contributed by atoms with Crippen molar-refractivity contribution in [3.8, 4) is 5.75 Å². The SMILES string of the molecule is Cc1nc2c(OCc3c(F)cccc3F)cccn2c1C(=O)NC(CNC(=O)OC(C)(C)C)c1ccc(F)cc1F. The van der Waals surface area contributed by atoms with Crippen LogP contribution in [0.15, 0.2) is 54.7 Å². The highest BCUT2D eigenvalue weighted by Crippen LogP contribution is 2.25. The van der Waals surface area contributed by atoms with Crippen LogP contribution < -0.4 is 15.4 Å². The largest absolute Gasteiger partial charge is 0.485 e. The quantitative estimate of drug-likeness (QED) is 0.262. The second-order valence-corrected chi connectivity index (χ2v) is 10.2. The molecule has 4 rings (SSSR count). The topological polar surface area (TPSA) is 94.0 Å². The first kappa shape index (κ1) is 29.4. The Bertz CT molecular complexity index is 1580. The molecule has 2 amide bonds. The number of aryl methyl sites for hydroxylation is 1. The number of carbonyl (C=O) groups is 2. The minimum Gasteiger partial charge on any atom is -0.485 e. The van der Waals surface area contributed by atoms with Gasteiger partial charge >= 0.3 is 6.09 Å². The molecule has 0 saturated heterocycles. The summed E-state index contributed by atoms with van der Waals surface area (Å²) in [5.41, 5.74) is -0.602. The highest BCUT2D eigenvalue weighted by atomic mass is 19.1. The fourth-order valence-electron chi connectivity index (χ4n) is 4.11. The van der Waals surface area contributed by atoms with E-state index >= 15 is 0 Å². The first-order valence-electron chi connectivity index (χ1n) is 12.6. The van der Waals surface area contributed by atoms with E-state index in [0.717, 1.165) is 18.2 Å². The molecular formula is C29H28F4N4O4. The van der Waals surface area contributed by atoms with Gasteiger partial charge in [0.15, 0.2) is 11.4 Å². The molecule has 1 unspecified atom stereocenters. The third-order valence-electron chi connectivity index (χ3n) is 5.93. The highest BCUT2D eigenvalue weighted by Gasteiger charge is 2.26. The maximum absolute atomic E-state index is 14.7. The molecule has 8 nitrogen and oxygen atoms in total. The van der Waals surface area contributed by atoms with Crippen LogP contribution in [0.25, 0.3) is 5.65 Å². The van der Waals surface area contributed by atoms with Crippen LogP contribution in [0.4, 0.5) is 22.4 Å². The van der Waals surface area contributed by atoms with Crippen LogP contribution in [-0.2, 0) is 11.3 Å². The second kappa shape index (κ2) is 11.9. The van der Waals surface area contributed by atoms with Crippen molar-refractivity contribution in [2.24, 2.45) is 0 Å². The zero-order chi connectivity index (χ0) is 29.9. The Morgan fingerprint density at radius 2 is 1.71 bits per heavy atom. The van der Waals surface area contributed by atoms with Gasteiger partial charge in [0.25, 0.3) is 5.91 Å². The van der Waals surface area contributed by atoms with Crippen LogP contribution in [0.5, 0.6) is 5.75 Å². The zero-order valence-corrected chi connectivity index (χ0v) is 22.7. The first-order valence-corrected chi connectivity index (χ1v) is 12.6. The third-order valence-corrected chi connectivity index (χ3v) is 5.93. The van der Waals surface area contributed by atoms with Crippen LogP contribution in [0.3, 0.4) is 0 Å². The van der Waals surface area contributed by atoms with E-state index in [1.54, 1.807) is 33.8 Å². The minimum atomic E-state index is -1.12. The molecule has 1 atom stereocenters. The number of pyridine rings is 1. The molecular weight excluding hydrogens is 544 g/mol. The van der Waals surface area contributed by atoms with E-state index in [4.69, 9.17) is 9.47 Å². The molecule has 0 fully saturated rings. The van der Waals surface area contributed by atoms with Crippen molar-refractivity contribution in [3.05, 3.63) is 101 Å². The molecule has 41 heavy (non-hydrogen) atoms. The van der Waals surface area contributed by atoms with Gasteiger partial charge in [-0.25, -0.2) is 27.3 Å². The fraction of sp³-hybridized carbons (Fsp3) is 0.276. The smallest absolute Gasteiger partial charge is 0.407 e. The maximum Gasteiger partial charge on any atom is 0.407 e. The number of rotatable bonds is 8. The standard InChI is InChI=1S/C29H28F4N4O4/c1-16-25(37-12-6-9-24(26(37)35-16)40-15-19-20(31)7-5-8-21(19)32)27(38)36-23(14-34-28(39)41-29(2,3)4)18-11-10-17(30)13-22(18)33/h5-13,23H,14-15H2,1-4H3,(H,34,39)(H,36,38). The Kier molecular flexibility index (Phi) is 8.50. The summed E-state index contributed by atoms with van der Waals surface area (Å²) >= 11 is 0. The number of amides is 2. The molecule has 0 bridgehead atoms. The van der Waals surface area contributed by atoms with Gasteiger partial charge in [0.1, 0.15) is 41.2 Å². The first-order chi connectivity index (χ1) is 19.3. The van der Waals surface area contributed by atoms with Crippen LogP contribution in [0, 0.1) is 30.2 Å². The molecule has 2 aromatic heterocycles. The second-order valence-electron chi connectivity index (χ2n) is 10.2. The Morgan fingerprint density at radius 3 is 2.37 bits per heavy atom. The lowest BCUT2D eigenvalue weighted by atomic mass is 10.1. The van der Waals surface area contributed by atoms with E-state index in [2.05, 4.69) is 15.6 Å². The Balaban J connectivity index is 1.61. The zero-order valence-electron chi connectivity index (χ0n) is 22.7. The summed E-state index contributed by atoms with van der Waals surface area (Å²) in [6.07, 6.45) is 0.742. The molecule has 2 heterocycles. The van der Waals surface area contributed by atoms with Crippen molar-refractivity contribution in [1.29, 1.82) is 0 Å². The summed E-state index contributed by atoms with van der Waals surface area (Å²) in [6, 6.07) is 8.31. The minimum absolute atomic E-state index is 0.0623. The number of nitrogens with zero attached hydrogens (tertiary/aromatic N) is 2. The number of aromatic nitrogens is 2. The van der Waals surface area contributed by atoms with E-state index in [0.29, 0.717) is 6.07 Å². The van der Waals surface area contributed by atoms with Crippen molar-refractivity contribution in [1.82, 2.24) is 20.0 Å². The van der Waals surface area contributed by atoms with Gasteiger partial charge in [-0.15, -0.1) is 0 Å². The number of benzene rings is 2. The van der Waals surface area contributed by atoms with Crippen LogP contribution in [-0.4, -0.2) is 33.5 Å². The molecule has 0 aliphatic heterocycles. The monoisotopic (exact) mass is 572 g/mol. The van der Waals surface area contributed by atoms with E-state index in [1.807, 2.05) is 0 Å². The summed E-state index contributed by atoms with van der Waals surface area (Å²) in [5.74, 6) is -3.80. The Labute approximate surface area is 233 Å². The number of hydrogen-bond acceptors (Lipinski definition) is 5. The predicted octanol–water partition coefficient (Wildman–Crippen LogP) is 5.77. The number of alkyl carbamates (subject to hydrolysis) is 1. The van der Waals surface area contributed by atoms with Gasteiger partial charge in [0, 0.05) is 24.4 Å². The van der Waals surface area contributed by atoms with E-state index in [-0.39, 0.29) is 40.5 Å². The van der Waals surface area contributed by atoms with Gasteiger partial charge in [0.2, 0.25) is 0 Å². The molecule has 0 aliphatic rings. The lowest BCUT2D eigenvalue weighted by molar-refractivity contribution is 0.0519. The molecule has 0 aliphatic carbocycles. The van der Waals surface area contributed by atoms with Gasteiger partial charge < -0.3 is 20.1 Å². The summed E-state index contributed by atoms with van der Waals surface area (Å²) in [6.45, 7) is 5.88. The molecule has 216 valence electrons. The highest BCUT2D eigenvalue weighted by molar-refractivity contribution is 5.95. The number of carbonyl (C=O) groups excluding carboxylic acids is 2. The lowest BCUT2D eigenvalue weighted by Crippen LogP contribution is -2.40. The molecule has 0 radical (unpaired) electrons. The van der Waals surface area contributed by atoms with Crippen molar-refractivity contribution in [3.63, 3.8) is 0 Å². The lowest BCUT2D eigenvalue weighted by Gasteiger charge is -2.23. The van der Waals surface area contributed by atoms with Crippen molar-refractivity contribution >= 4 is 17.6 Å². The van der Waals surface area contributed by atoms with Crippen molar-refractivity contribution < 1.29 is 36.6 Å². The van der Waals surface area contributed by atoms with E-state index in [9.17, 15) is 27.2 Å².